The smallest absolute Gasteiger partial charge is 0.322 e. The van der Waals surface area contributed by atoms with Crippen LogP contribution in [0.2, 0.25) is 18.1 Å². The van der Waals surface area contributed by atoms with Gasteiger partial charge in [-0.2, -0.15) is 0 Å². The van der Waals surface area contributed by atoms with E-state index in [-0.39, 0.29) is 29.9 Å². The van der Waals surface area contributed by atoms with E-state index >= 15 is 4.79 Å². The fraction of sp³-hybridized carbons (Fsp3) is 0.593. The van der Waals surface area contributed by atoms with Crippen LogP contribution in [-0.4, -0.2) is 129 Å². The van der Waals surface area contributed by atoms with Crippen LogP contribution < -0.4 is 9.64 Å². The number of hydrogen-bond acceptors (Lipinski definition) is 11. The first-order chi connectivity index (χ1) is 34.7. The standard InChI is InChI=1S/C59H78N4O8Si/c1-7-56(67)35-41-36-59(54(65)69-6,50-43(24-28-62(37-41)39-56)42-21-12-13-22-46(42)60-50)45-33-44-47(34-48(45)68-5)61(4)51-55(3,66)53(57(8-2)25-18-27-63-29-26-58(44,51)52(57)63)71-72(31-16-17-32-72)30-15-14-23-49(64)70-38-40-19-10-9-11-20-40/h9-13,18-22,25,33-34,41,51-53,60,66-67H,7-8,14-17,23-24,26-32,35-39H2,1-6H3/t41?,51-,52-,53-,55-,56-,57+,58-,59-/m0/s1. The first-order valence-electron chi connectivity index (χ1n) is 27.3. The molecule has 1 saturated carbocycles. The van der Waals surface area contributed by atoms with Crippen LogP contribution in [0.25, 0.3) is 10.9 Å². The van der Waals surface area contributed by atoms with Gasteiger partial charge < -0.3 is 38.7 Å². The van der Waals surface area contributed by atoms with Crippen molar-refractivity contribution < 1.29 is 38.4 Å². The second-order valence-electron chi connectivity index (χ2n) is 23.4. The van der Waals surface area contributed by atoms with E-state index in [1.807, 2.05) is 36.4 Å². The van der Waals surface area contributed by atoms with E-state index in [2.05, 4.69) is 90.0 Å². The average Bonchev–Trinajstić information content (AvgIpc) is 4.18. The number of aromatic nitrogens is 1. The van der Waals surface area contributed by atoms with Crippen LogP contribution in [-0.2, 0) is 47.3 Å². The van der Waals surface area contributed by atoms with Crippen molar-refractivity contribution in [3.8, 4) is 5.75 Å². The van der Waals surface area contributed by atoms with Gasteiger partial charge in [0.2, 0.25) is 0 Å². The number of aromatic amines is 1. The van der Waals surface area contributed by atoms with Crippen molar-refractivity contribution >= 4 is 36.8 Å². The monoisotopic (exact) mass is 999 g/mol. The third-order valence-corrected chi connectivity index (χ3v) is 24.0. The Bertz CT molecular complexity index is 2720. The molecule has 3 aromatic carbocycles. The van der Waals surface area contributed by atoms with Gasteiger partial charge in [-0.3, -0.25) is 19.4 Å². The second-order valence-corrected chi connectivity index (χ2v) is 27.5. The van der Waals surface area contributed by atoms with E-state index in [1.165, 1.54) is 7.11 Å². The number of esters is 2. The Morgan fingerprint density at radius 3 is 2.44 bits per heavy atom. The maximum Gasteiger partial charge on any atom is 0.322 e. The molecule has 386 valence electrons. The van der Waals surface area contributed by atoms with E-state index in [4.69, 9.17) is 18.6 Å². The van der Waals surface area contributed by atoms with Crippen molar-refractivity contribution in [2.24, 2.45) is 11.3 Å². The molecule has 4 fully saturated rings. The fourth-order valence-corrected chi connectivity index (χ4v) is 21.3. The van der Waals surface area contributed by atoms with E-state index < -0.39 is 41.9 Å². The molecular weight excluding hydrogens is 921 g/mol. The average molecular weight is 999 g/mol. The Morgan fingerprint density at radius 2 is 1.69 bits per heavy atom. The molecule has 6 aliphatic heterocycles. The SMILES string of the molecule is CC[C@]1(O)CC2CN(CCc3c([nH]c4ccccc34)[C@@](C(=O)OC)(c3cc4c(cc3OC)N(C)[C@H]3[C@](C)(O)[C@H](O[Si]5(CCCCC(=O)OCc6ccccc6)CCCC5)[C@]5(CC)C=CCN6CC[C@]43[C@@H]65)C2)C1. The fourth-order valence-electron chi connectivity index (χ4n) is 16.6. The van der Waals surface area contributed by atoms with Gasteiger partial charge in [0.25, 0.3) is 0 Å². The summed E-state index contributed by atoms with van der Waals surface area (Å²) in [6, 6.07) is 25.4. The van der Waals surface area contributed by atoms with Crippen LogP contribution in [0.4, 0.5) is 5.69 Å². The summed E-state index contributed by atoms with van der Waals surface area (Å²) in [6.45, 7) is 10.5. The number of nitrogens with one attached hydrogen (secondary N) is 1. The van der Waals surface area contributed by atoms with Crippen molar-refractivity contribution in [2.45, 2.75) is 156 Å². The number of likely N-dealkylation sites (N-methyl/N-ethyl adjacent to an activating group) is 1. The molecule has 13 heteroatoms. The van der Waals surface area contributed by atoms with Gasteiger partial charge in [-0.1, -0.05) is 93.8 Å². The number of H-pyrrole nitrogens is 1. The summed E-state index contributed by atoms with van der Waals surface area (Å²) in [5, 5.41) is 27.2. The molecule has 2 unspecified atom stereocenters. The molecule has 72 heavy (non-hydrogen) atoms. The summed E-state index contributed by atoms with van der Waals surface area (Å²) in [6.07, 6.45) is 12.6. The molecule has 2 bridgehead atoms. The van der Waals surface area contributed by atoms with E-state index in [0.29, 0.717) is 51.0 Å². The van der Waals surface area contributed by atoms with E-state index in [9.17, 15) is 15.0 Å². The lowest BCUT2D eigenvalue weighted by Crippen LogP contribution is -2.79. The van der Waals surface area contributed by atoms with E-state index in [1.54, 1.807) is 7.11 Å². The number of para-hydroxylation sites is 1. The van der Waals surface area contributed by atoms with Crippen molar-refractivity contribution in [3.63, 3.8) is 0 Å². The van der Waals surface area contributed by atoms with Crippen LogP contribution in [0.5, 0.6) is 5.75 Å². The molecule has 0 radical (unpaired) electrons. The Morgan fingerprint density at radius 1 is 0.917 bits per heavy atom. The highest BCUT2D eigenvalue weighted by molar-refractivity contribution is 6.74. The zero-order valence-electron chi connectivity index (χ0n) is 43.6. The number of piperidine rings is 1. The van der Waals surface area contributed by atoms with Crippen LogP contribution in [0.1, 0.15) is 113 Å². The van der Waals surface area contributed by atoms with Gasteiger partial charge in [-0.25, -0.2) is 0 Å². The number of carbonyl (C=O) groups excluding carboxylic acids is 2. The highest BCUT2D eigenvalue weighted by Crippen LogP contribution is 2.68. The molecule has 7 aliphatic rings. The van der Waals surface area contributed by atoms with Gasteiger partial charge in [-0.15, -0.1) is 0 Å². The number of methoxy groups -OCH3 is 2. The molecule has 10 atom stereocenters. The van der Waals surface area contributed by atoms with Crippen LogP contribution in [0.3, 0.4) is 0 Å². The molecular formula is C59H78N4O8Si. The van der Waals surface area contributed by atoms with Gasteiger partial charge in [0.15, 0.2) is 8.32 Å². The predicted molar refractivity (Wildman–Crippen MR) is 283 cm³/mol. The number of fused-ring (bicyclic) bond motifs is 6. The first-order valence-corrected chi connectivity index (χ1v) is 29.8. The summed E-state index contributed by atoms with van der Waals surface area (Å²) >= 11 is 0. The second kappa shape index (κ2) is 18.7. The number of rotatable bonds is 14. The van der Waals surface area contributed by atoms with Gasteiger partial charge in [0.1, 0.15) is 23.4 Å². The molecule has 1 aromatic heterocycles. The molecule has 7 heterocycles. The Hall–Kier alpha value is -4.50. The number of unbranched alkanes of at least 4 members (excludes halogenated alkanes) is 1. The largest absolute Gasteiger partial charge is 0.496 e. The number of anilines is 1. The summed E-state index contributed by atoms with van der Waals surface area (Å²) < 4.78 is 26.3. The third-order valence-electron chi connectivity index (χ3n) is 19.5. The minimum atomic E-state index is -2.40. The lowest BCUT2D eigenvalue weighted by molar-refractivity contribution is -0.184. The van der Waals surface area contributed by atoms with Gasteiger partial charge in [0.05, 0.1) is 32.0 Å². The zero-order valence-corrected chi connectivity index (χ0v) is 44.6. The lowest BCUT2D eigenvalue weighted by atomic mass is 9.48. The predicted octanol–water partition coefficient (Wildman–Crippen LogP) is 8.94. The number of benzene rings is 3. The molecule has 4 aromatic rings. The van der Waals surface area contributed by atoms with Crippen LogP contribution >= 0.6 is 0 Å². The Labute approximate surface area is 427 Å². The van der Waals surface area contributed by atoms with E-state index in [0.717, 1.165) is 127 Å². The zero-order chi connectivity index (χ0) is 50.3. The Balaban J connectivity index is 1.01. The Kier molecular flexibility index (Phi) is 12.9. The maximum absolute atomic E-state index is 15.6. The summed E-state index contributed by atoms with van der Waals surface area (Å²) in [4.78, 5) is 39.8. The molecule has 12 nitrogen and oxygen atoms in total. The minimum absolute atomic E-state index is 0.0108. The third kappa shape index (κ3) is 7.67. The highest BCUT2D eigenvalue weighted by Gasteiger charge is 2.76. The van der Waals surface area contributed by atoms with Crippen molar-refractivity contribution in [3.05, 3.63) is 107 Å². The maximum atomic E-state index is 15.6. The molecule has 0 amide bonds. The number of ether oxygens (including phenoxy) is 3. The quantitative estimate of drug-likeness (QED) is 0.0484. The number of aliphatic hydroxyl groups is 2. The molecule has 11 rings (SSSR count). The topological polar surface area (TPSA) is 137 Å². The summed E-state index contributed by atoms with van der Waals surface area (Å²) in [5.74, 6) is 0.0739. The van der Waals surface area contributed by atoms with Gasteiger partial charge >= 0.3 is 11.9 Å². The number of carbonyl (C=O) groups is 2. The summed E-state index contributed by atoms with van der Waals surface area (Å²) in [5.41, 5.74) is 2.30. The van der Waals surface area contributed by atoms with Gasteiger partial charge in [-0.05, 0) is 111 Å². The van der Waals surface area contributed by atoms with Crippen LogP contribution in [0, 0.1) is 11.3 Å². The summed E-state index contributed by atoms with van der Waals surface area (Å²) in [7, 11) is 2.97. The molecule has 1 aliphatic carbocycles. The van der Waals surface area contributed by atoms with Crippen molar-refractivity contribution in [1.82, 2.24) is 14.8 Å². The molecule has 3 N–H and O–H groups in total. The van der Waals surface area contributed by atoms with Gasteiger partial charge in [0, 0.05) is 90.4 Å². The lowest BCUT2D eigenvalue weighted by Gasteiger charge is -2.65. The molecule has 1 spiro atoms. The minimum Gasteiger partial charge on any atom is -0.496 e. The normalized spacial score (nSPS) is 34.3. The van der Waals surface area contributed by atoms with Crippen LogP contribution in [0.15, 0.2) is 78.9 Å². The van der Waals surface area contributed by atoms with Crippen molar-refractivity contribution in [1.29, 1.82) is 0 Å². The highest BCUT2D eigenvalue weighted by atomic mass is 28.4. The van der Waals surface area contributed by atoms with Crippen molar-refractivity contribution in [2.75, 3.05) is 58.9 Å². The molecule has 3 saturated heterocycles. The first kappa shape index (κ1) is 49.7. The number of hydrogen-bond donors (Lipinski definition) is 3. The number of nitrogens with zero attached hydrogens (tertiary/aromatic N) is 3.